The van der Waals surface area contributed by atoms with Gasteiger partial charge in [0.15, 0.2) is 0 Å². The normalized spacial score (nSPS) is 15.1. The van der Waals surface area contributed by atoms with Crippen LogP contribution < -0.4 is 5.69 Å². The Morgan fingerprint density at radius 3 is 2.62 bits per heavy atom. The predicted octanol–water partition coefficient (Wildman–Crippen LogP) is 4.63. The number of halogens is 3. The highest BCUT2D eigenvalue weighted by molar-refractivity contribution is 5.65. The van der Waals surface area contributed by atoms with Crippen LogP contribution in [0.15, 0.2) is 72.4 Å². The second-order valence-electron chi connectivity index (χ2n) is 9.33. The summed E-state index contributed by atoms with van der Waals surface area (Å²) < 4.78 is 45.2. The third kappa shape index (κ3) is 4.00. The Bertz CT molecular complexity index is 1650. The van der Waals surface area contributed by atoms with E-state index in [1.54, 1.807) is 24.7 Å². The molecule has 1 atom stereocenters. The topological polar surface area (TPSA) is 82.9 Å². The lowest BCUT2D eigenvalue weighted by Crippen LogP contribution is -2.24. The molecule has 188 valence electrons. The summed E-state index contributed by atoms with van der Waals surface area (Å²) in [5.41, 5.74) is 1.02. The summed E-state index contributed by atoms with van der Waals surface area (Å²) in [5, 5.41) is 8.45. The van der Waals surface area contributed by atoms with E-state index in [1.165, 1.54) is 29.4 Å². The molecule has 0 N–H and O–H groups in total. The Hall–Kier alpha value is -4.28. The lowest BCUT2D eigenvalue weighted by Gasteiger charge is -2.33. The lowest BCUT2D eigenvalue weighted by atomic mass is 9.72. The average Bonchev–Trinajstić information content (AvgIpc) is 3.43. The maximum atomic E-state index is 13.7. The number of nitrogens with zero attached hydrogens (tertiary/aromatic N) is 7. The zero-order valence-corrected chi connectivity index (χ0v) is 19.8. The molecule has 37 heavy (non-hydrogen) atoms. The van der Waals surface area contributed by atoms with Crippen LogP contribution in [0.3, 0.4) is 0 Å². The summed E-state index contributed by atoms with van der Waals surface area (Å²) in [7, 11) is 1.89. The third-order valence-corrected chi connectivity index (χ3v) is 7.10. The maximum absolute atomic E-state index is 13.7. The predicted molar refractivity (Wildman–Crippen MR) is 129 cm³/mol. The Morgan fingerprint density at radius 1 is 1.14 bits per heavy atom. The van der Waals surface area contributed by atoms with Gasteiger partial charge < -0.3 is 4.57 Å². The van der Waals surface area contributed by atoms with Gasteiger partial charge in [0, 0.05) is 37.1 Å². The number of benzene rings is 1. The van der Waals surface area contributed by atoms with E-state index in [4.69, 9.17) is 0 Å². The molecule has 1 aliphatic carbocycles. The number of fused-ring (bicyclic) bond motifs is 1. The van der Waals surface area contributed by atoms with Crippen molar-refractivity contribution in [1.29, 1.82) is 0 Å². The summed E-state index contributed by atoms with van der Waals surface area (Å²) in [4.78, 5) is 21.7. The second-order valence-corrected chi connectivity index (χ2v) is 9.33. The van der Waals surface area contributed by atoms with Crippen LogP contribution in [0.4, 0.5) is 13.2 Å². The Labute approximate surface area is 209 Å². The first kappa shape index (κ1) is 23.1. The van der Waals surface area contributed by atoms with Crippen molar-refractivity contribution in [3.8, 4) is 16.9 Å². The van der Waals surface area contributed by atoms with Crippen LogP contribution in [0.2, 0.25) is 0 Å². The molecule has 0 spiro atoms. The first-order valence-electron chi connectivity index (χ1n) is 11.9. The van der Waals surface area contributed by atoms with Crippen molar-refractivity contribution in [2.75, 3.05) is 0 Å². The van der Waals surface area contributed by atoms with E-state index in [9.17, 15) is 18.0 Å². The average molecular weight is 506 g/mol. The Kier molecular flexibility index (Phi) is 5.43. The van der Waals surface area contributed by atoms with Gasteiger partial charge in [0.2, 0.25) is 0 Å². The van der Waals surface area contributed by atoms with Crippen molar-refractivity contribution >= 4 is 5.52 Å². The summed E-state index contributed by atoms with van der Waals surface area (Å²) in [6.45, 7) is 0. The van der Waals surface area contributed by atoms with Crippen molar-refractivity contribution in [2.45, 2.75) is 31.4 Å². The van der Waals surface area contributed by atoms with Gasteiger partial charge in [-0.3, -0.25) is 8.97 Å². The van der Waals surface area contributed by atoms with E-state index in [0.717, 1.165) is 46.7 Å². The van der Waals surface area contributed by atoms with Gasteiger partial charge in [0.05, 0.1) is 22.5 Å². The standard InChI is InChI=1S/C26H22F3N7O/c1-34-15-32-33-24(34)23(16-4-2-5-16)18-10-17(21-7-8-30-14-31-21)11-19(12-18)36-13-22-20(26(27,28)29)6-3-9-35(22)25(36)37/h3,6-16,23H,2,4-5H2,1H3/t23-/m1/s1. The molecule has 1 aliphatic rings. The molecule has 4 heterocycles. The van der Waals surface area contributed by atoms with Crippen LogP contribution in [-0.4, -0.2) is 33.7 Å². The highest BCUT2D eigenvalue weighted by Crippen LogP contribution is 2.44. The Morgan fingerprint density at radius 2 is 1.97 bits per heavy atom. The number of hydrogen-bond donors (Lipinski definition) is 0. The summed E-state index contributed by atoms with van der Waals surface area (Å²) >= 11 is 0. The van der Waals surface area contributed by atoms with Gasteiger partial charge in [-0.15, -0.1) is 10.2 Å². The summed E-state index contributed by atoms with van der Waals surface area (Å²) in [6, 6.07) is 9.58. The Balaban J connectivity index is 1.59. The molecule has 1 fully saturated rings. The van der Waals surface area contributed by atoms with Crippen LogP contribution in [-0.2, 0) is 13.2 Å². The molecular weight excluding hydrogens is 483 g/mol. The fraction of sp³-hybridized carbons (Fsp3) is 0.269. The molecule has 0 saturated heterocycles. The highest BCUT2D eigenvalue weighted by atomic mass is 19.4. The largest absolute Gasteiger partial charge is 0.418 e. The van der Waals surface area contributed by atoms with E-state index in [2.05, 4.69) is 20.2 Å². The van der Waals surface area contributed by atoms with Gasteiger partial charge in [0.1, 0.15) is 18.5 Å². The van der Waals surface area contributed by atoms with Crippen molar-refractivity contribution in [3.63, 3.8) is 0 Å². The van der Waals surface area contributed by atoms with E-state index >= 15 is 0 Å². The number of pyridine rings is 1. The van der Waals surface area contributed by atoms with Crippen LogP contribution in [0.25, 0.3) is 22.5 Å². The molecule has 6 rings (SSSR count). The third-order valence-electron chi connectivity index (χ3n) is 7.10. The van der Waals surface area contributed by atoms with Gasteiger partial charge in [-0.2, -0.15) is 13.2 Å². The molecule has 0 amide bonds. The smallest absolute Gasteiger partial charge is 0.320 e. The number of aryl methyl sites for hydroxylation is 1. The molecule has 0 aliphatic heterocycles. The molecular formula is C26H22F3N7O. The lowest BCUT2D eigenvalue weighted by molar-refractivity contribution is -0.136. The number of hydrogen-bond acceptors (Lipinski definition) is 5. The fourth-order valence-electron chi connectivity index (χ4n) is 5.08. The summed E-state index contributed by atoms with van der Waals surface area (Å²) in [6.07, 6.45) is 5.86. The number of imidazole rings is 1. The molecule has 1 saturated carbocycles. The number of alkyl halides is 3. The molecule has 0 unspecified atom stereocenters. The van der Waals surface area contributed by atoms with Crippen molar-refractivity contribution in [1.82, 2.24) is 33.7 Å². The fourth-order valence-corrected chi connectivity index (χ4v) is 5.08. The molecule has 1 aromatic carbocycles. The summed E-state index contributed by atoms with van der Waals surface area (Å²) in [5.74, 6) is 1.03. The monoisotopic (exact) mass is 505 g/mol. The molecule has 11 heteroatoms. The zero-order chi connectivity index (χ0) is 25.7. The molecule has 8 nitrogen and oxygen atoms in total. The molecule has 0 radical (unpaired) electrons. The van der Waals surface area contributed by atoms with Gasteiger partial charge in [-0.05, 0) is 60.7 Å². The quantitative estimate of drug-likeness (QED) is 0.348. The molecule has 0 bridgehead atoms. The second kappa shape index (κ2) is 8.68. The van der Waals surface area contributed by atoms with E-state index in [0.29, 0.717) is 17.3 Å². The van der Waals surface area contributed by atoms with Gasteiger partial charge in [-0.25, -0.2) is 14.8 Å². The van der Waals surface area contributed by atoms with E-state index in [-0.39, 0.29) is 11.4 Å². The SMILES string of the molecule is Cn1cnnc1[C@@H](c1cc(-c2ccncn2)cc(-n2cc3c(C(F)(F)F)cccn3c2=O)c1)C1CCC1. The zero-order valence-electron chi connectivity index (χ0n) is 19.8. The minimum Gasteiger partial charge on any atom is -0.320 e. The molecule has 5 aromatic rings. The maximum Gasteiger partial charge on any atom is 0.418 e. The van der Waals surface area contributed by atoms with Gasteiger partial charge >= 0.3 is 11.9 Å². The first-order chi connectivity index (χ1) is 17.8. The minimum absolute atomic E-state index is 0.0970. The van der Waals surface area contributed by atoms with E-state index in [1.807, 2.05) is 23.7 Å². The van der Waals surface area contributed by atoms with Crippen LogP contribution in [0.5, 0.6) is 0 Å². The van der Waals surface area contributed by atoms with Crippen molar-refractivity contribution < 1.29 is 13.2 Å². The minimum atomic E-state index is -4.60. The van der Waals surface area contributed by atoms with Crippen LogP contribution >= 0.6 is 0 Å². The van der Waals surface area contributed by atoms with Gasteiger partial charge in [0.25, 0.3) is 0 Å². The molecule has 4 aromatic heterocycles. The van der Waals surface area contributed by atoms with Crippen molar-refractivity contribution in [3.05, 3.63) is 95.1 Å². The van der Waals surface area contributed by atoms with Crippen molar-refractivity contribution in [2.24, 2.45) is 13.0 Å². The van der Waals surface area contributed by atoms with Crippen LogP contribution in [0, 0.1) is 5.92 Å². The number of aromatic nitrogens is 7. The van der Waals surface area contributed by atoms with Gasteiger partial charge in [-0.1, -0.05) is 6.42 Å². The first-order valence-corrected chi connectivity index (χ1v) is 11.9. The van der Waals surface area contributed by atoms with E-state index < -0.39 is 17.4 Å². The van der Waals surface area contributed by atoms with Crippen LogP contribution in [0.1, 0.15) is 42.1 Å². The number of rotatable bonds is 5. The highest BCUT2D eigenvalue weighted by Gasteiger charge is 2.35.